The van der Waals surface area contributed by atoms with E-state index >= 15 is 0 Å². The first kappa shape index (κ1) is 13.1. The van der Waals surface area contributed by atoms with Gasteiger partial charge in [0.25, 0.3) is 0 Å². The van der Waals surface area contributed by atoms with Gasteiger partial charge in [-0.25, -0.2) is 0 Å². The first-order valence-corrected chi connectivity index (χ1v) is 6.14. The van der Waals surface area contributed by atoms with Crippen LogP contribution < -0.4 is 5.73 Å². The van der Waals surface area contributed by atoms with Gasteiger partial charge in [0.1, 0.15) is 6.61 Å². The van der Waals surface area contributed by atoms with E-state index in [4.69, 9.17) is 10.5 Å². The number of nitrogens with zero attached hydrogens (tertiary/aromatic N) is 1. The fraction of sp³-hybridized carbons (Fsp3) is 0.200. The summed E-state index contributed by atoms with van der Waals surface area (Å²) in [7, 11) is 0. The lowest BCUT2D eigenvalue weighted by Gasteiger charge is -2.05. The van der Waals surface area contributed by atoms with Crippen molar-refractivity contribution >= 4 is 11.7 Å². The minimum absolute atomic E-state index is 0.219. The van der Waals surface area contributed by atoms with Gasteiger partial charge in [-0.05, 0) is 36.2 Å². The van der Waals surface area contributed by atoms with Gasteiger partial charge in [0.05, 0.1) is 5.69 Å². The number of benzene rings is 1. The molecule has 0 aliphatic heterocycles. The van der Waals surface area contributed by atoms with Crippen LogP contribution in [-0.4, -0.2) is 11.0 Å². The van der Waals surface area contributed by atoms with Crippen LogP contribution in [0.4, 0.5) is 5.69 Å². The van der Waals surface area contributed by atoms with E-state index in [9.17, 15) is 4.79 Å². The normalized spacial score (nSPS) is 10.1. The number of hydrogen-bond acceptors (Lipinski definition) is 4. The molecule has 0 saturated carbocycles. The minimum Gasteiger partial charge on any atom is -0.459 e. The summed E-state index contributed by atoms with van der Waals surface area (Å²) in [6.45, 7) is 0.219. The van der Waals surface area contributed by atoms with E-state index in [1.807, 2.05) is 42.5 Å². The largest absolute Gasteiger partial charge is 0.459 e. The highest BCUT2D eigenvalue weighted by Crippen LogP contribution is 2.09. The molecule has 0 radical (unpaired) electrons. The monoisotopic (exact) mass is 256 g/mol. The van der Waals surface area contributed by atoms with E-state index in [0.29, 0.717) is 18.5 Å². The Labute approximate surface area is 112 Å². The lowest BCUT2D eigenvalue weighted by Crippen LogP contribution is -2.06. The molecule has 1 aromatic heterocycles. The second kappa shape index (κ2) is 6.54. The number of esters is 1. The zero-order valence-corrected chi connectivity index (χ0v) is 10.6. The molecular formula is C15H16N2O2. The molecular weight excluding hydrogens is 240 g/mol. The smallest absolute Gasteiger partial charge is 0.306 e. The summed E-state index contributed by atoms with van der Waals surface area (Å²) in [6, 6.07) is 13.0. The van der Waals surface area contributed by atoms with E-state index in [1.165, 1.54) is 0 Å². The number of pyridine rings is 1. The summed E-state index contributed by atoms with van der Waals surface area (Å²) < 4.78 is 5.15. The highest BCUT2D eigenvalue weighted by Gasteiger charge is 2.04. The third kappa shape index (κ3) is 4.43. The number of nitrogens with two attached hydrogens (primary N) is 1. The van der Waals surface area contributed by atoms with Gasteiger partial charge in [0.2, 0.25) is 0 Å². The number of ether oxygens (including phenoxy) is 1. The van der Waals surface area contributed by atoms with E-state index in [1.54, 1.807) is 6.20 Å². The average Bonchev–Trinajstić information content (AvgIpc) is 2.44. The zero-order chi connectivity index (χ0) is 13.5. The quantitative estimate of drug-likeness (QED) is 0.658. The summed E-state index contributed by atoms with van der Waals surface area (Å²) in [5.74, 6) is -0.229. The molecule has 0 aliphatic rings. The Morgan fingerprint density at radius 2 is 2.11 bits per heavy atom. The molecule has 0 amide bonds. The van der Waals surface area contributed by atoms with Crippen molar-refractivity contribution < 1.29 is 9.53 Å². The van der Waals surface area contributed by atoms with Gasteiger partial charge in [-0.15, -0.1) is 0 Å². The molecule has 2 N–H and O–H groups in total. The zero-order valence-electron chi connectivity index (χ0n) is 10.6. The van der Waals surface area contributed by atoms with Crippen LogP contribution in [0.15, 0.2) is 48.7 Å². The van der Waals surface area contributed by atoms with Crippen LogP contribution in [-0.2, 0) is 22.6 Å². The molecule has 0 atom stereocenters. The number of anilines is 1. The van der Waals surface area contributed by atoms with Gasteiger partial charge in [0.15, 0.2) is 0 Å². The van der Waals surface area contributed by atoms with Crippen molar-refractivity contribution in [3.8, 4) is 0 Å². The Morgan fingerprint density at radius 1 is 1.21 bits per heavy atom. The Bertz CT molecular complexity index is 541. The van der Waals surface area contributed by atoms with Crippen LogP contribution in [0.2, 0.25) is 0 Å². The molecule has 1 aromatic carbocycles. The van der Waals surface area contributed by atoms with Gasteiger partial charge in [-0.1, -0.05) is 18.2 Å². The third-order valence-electron chi connectivity index (χ3n) is 2.68. The van der Waals surface area contributed by atoms with Crippen LogP contribution >= 0.6 is 0 Å². The molecule has 98 valence electrons. The van der Waals surface area contributed by atoms with Crippen molar-refractivity contribution in [2.75, 3.05) is 5.73 Å². The van der Waals surface area contributed by atoms with Gasteiger partial charge >= 0.3 is 5.97 Å². The Balaban J connectivity index is 1.76. The van der Waals surface area contributed by atoms with Gasteiger partial charge in [-0.2, -0.15) is 0 Å². The fourth-order valence-electron chi connectivity index (χ4n) is 1.71. The third-order valence-corrected chi connectivity index (χ3v) is 2.68. The first-order chi connectivity index (χ1) is 9.24. The predicted molar refractivity (Wildman–Crippen MR) is 73.2 cm³/mol. The van der Waals surface area contributed by atoms with E-state index in [0.717, 1.165) is 11.3 Å². The van der Waals surface area contributed by atoms with E-state index < -0.39 is 0 Å². The fourth-order valence-corrected chi connectivity index (χ4v) is 1.71. The molecule has 4 nitrogen and oxygen atoms in total. The van der Waals surface area contributed by atoms with Crippen LogP contribution in [0.5, 0.6) is 0 Å². The summed E-state index contributed by atoms with van der Waals surface area (Å²) in [6.07, 6.45) is 2.65. The summed E-state index contributed by atoms with van der Waals surface area (Å²) in [5, 5.41) is 0. The van der Waals surface area contributed by atoms with Crippen LogP contribution in [0.1, 0.15) is 17.7 Å². The number of rotatable bonds is 5. The summed E-state index contributed by atoms with van der Waals surface area (Å²) in [5.41, 5.74) is 8.17. The van der Waals surface area contributed by atoms with Crippen molar-refractivity contribution in [2.45, 2.75) is 19.4 Å². The van der Waals surface area contributed by atoms with Gasteiger partial charge in [0, 0.05) is 18.3 Å². The maximum Gasteiger partial charge on any atom is 0.306 e. The molecule has 0 saturated heterocycles. The molecule has 0 bridgehead atoms. The topological polar surface area (TPSA) is 65.2 Å². The van der Waals surface area contributed by atoms with Gasteiger partial charge < -0.3 is 10.5 Å². The second-order valence-corrected chi connectivity index (χ2v) is 4.23. The molecule has 1 heterocycles. The second-order valence-electron chi connectivity index (χ2n) is 4.23. The standard InChI is InChI=1S/C15H16N2O2/c16-13-5-3-4-12(10-13)7-8-15(18)19-11-14-6-1-2-9-17-14/h1-6,9-10H,7-8,11,16H2. The van der Waals surface area contributed by atoms with Crippen molar-refractivity contribution in [3.63, 3.8) is 0 Å². The molecule has 4 heteroatoms. The number of nitrogen functional groups attached to an aromatic ring is 1. The molecule has 0 aliphatic carbocycles. The number of aromatic nitrogens is 1. The SMILES string of the molecule is Nc1cccc(CCC(=O)OCc2ccccn2)c1. The van der Waals surface area contributed by atoms with E-state index in [2.05, 4.69) is 4.98 Å². The highest BCUT2D eigenvalue weighted by molar-refractivity contribution is 5.69. The Kier molecular flexibility index (Phi) is 4.50. The van der Waals surface area contributed by atoms with Crippen molar-refractivity contribution in [2.24, 2.45) is 0 Å². The van der Waals surface area contributed by atoms with Crippen molar-refractivity contribution in [1.82, 2.24) is 4.98 Å². The van der Waals surface area contributed by atoms with Crippen LogP contribution in [0, 0.1) is 0 Å². The van der Waals surface area contributed by atoms with Crippen LogP contribution in [0.25, 0.3) is 0 Å². The molecule has 2 aromatic rings. The van der Waals surface area contributed by atoms with Crippen molar-refractivity contribution in [3.05, 3.63) is 59.9 Å². The van der Waals surface area contributed by atoms with Crippen LogP contribution in [0.3, 0.4) is 0 Å². The molecule has 0 spiro atoms. The average molecular weight is 256 g/mol. The molecule has 2 rings (SSSR count). The maximum atomic E-state index is 11.6. The number of carbonyl (C=O) groups is 1. The number of hydrogen-bond donors (Lipinski definition) is 1. The predicted octanol–water partition coefficient (Wildman–Crippen LogP) is 2.34. The van der Waals surface area contributed by atoms with E-state index in [-0.39, 0.29) is 12.6 Å². The maximum absolute atomic E-state index is 11.6. The van der Waals surface area contributed by atoms with Crippen molar-refractivity contribution in [1.29, 1.82) is 0 Å². The molecule has 0 fully saturated rings. The molecule has 19 heavy (non-hydrogen) atoms. The number of carbonyl (C=O) groups excluding carboxylic acids is 1. The lowest BCUT2D eigenvalue weighted by atomic mass is 10.1. The summed E-state index contributed by atoms with van der Waals surface area (Å²) >= 11 is 0. The highest BCUT2D eigenvalue weighted by atomic mass is 16.5. The molecule has 0 unspecified atom stereocenters. The number of aryl methyl sites for hydroxylation is 1. The summed E-state index contributed by atoms with van der Waals surface area (Å²) in [4.78, 5) is 15.7. The lowest BCUT2D eigenvalue weighted by molar-refractivity contribution is -0.145. The Morgan fingerprint density at radius 3 is 2.84 bits per heavy atom. The van der Waals surface area contributed by atoms with Gasteiger partial charge in [-0.3, -0.25) is 9.78 Å². The minimum atomic E-state index is -0.229. The first-order valence-electron chi connectivity index (χ1n) is 6.14. The Hall–Kier alpha value is -2.36.